The van der Waals surface area contributed by atoms with E-state index in [2.05, 4.69) is 17.2 Å². The molecule has 0 saturated carbocycles. The number of rotatable bonds is 8. The van der Waals surface area contributed by atoms with E-state index in [1.807, 2.05) is 30.3 Å². The summed E-state index contributed by atoms with van der Waals surface area (Å²) in [7, 11) is 0. The Kier molecular flexibility index (Phi) is 7.47. The van der Waals surface area contributed by atoms with E-state index in [0.29, 0.717) is 16.1 Å². The molecule has 6 nitrogen and oxygen atoms in total. The molecule has 4 aromatic rings. The van der Waals surface area contributed by atoms with Gasteiger partial charge in [0.05, 0.1) is 12.1 Å². The second-order valence-corrected chi connectivity index (χ2v) is 9.85. The summed E-state index contributed by atoms with van der Waals surface area (Å²) >= 11 is 0. The summed E-state index contributed by atoms with van der Waals surface area (Å²) in [4.78, 5) is 31.2. The van der Waals surface area contributed by atoms with Gasteiger partial charge < -0.3 is 5.32 Å². The third kappa shape index (κ3) is 5.36. The molecule has 0 bridgehead atoms. The minimum absolute atomic E-state index is 0.0437. The van der Waals surface area contributed by atoms with Crippen molar-refractivity contribution in [1.82, 2.24) is 9.66 Å². The maximum atomic E-state index is 14.3. The molecular weight excluding hydrogens is 517 g/mol. The van der Waals surface area contributed by atoms with Crippen molar-refractivity contribution < 1.29 is 22.8 Å². The average molecular weight is 547 g/mol. The topological polar surface area (TPSA) is 67.2 Å². The molecule has 206 valence electrons. The summed E-state index contributed by atoms with van der Waals surface area (Å²) in [6.45, 7) is 2.06. The minimum Gasteiger partial charge on any atom is -0.305 e. The lowest BCUT2D eigenvalue weighted by Gasteiger charge is -2.29. The molecule has 2 amide bonds. The number of aryl methyl sites for hydroxylation is 2. The van der Waals surface area contributed by atoms with Gasteiger partial charge in [0.1, 0.15) is 12.4 Å². The Morgan fingerprint density at radius 1 is 0.975 bits per heavy atom. The van der Waals surface area contributed by atoms with Crippen LogP contribution >= 0.6 is 0 Å². The predicted octanol–water partition coefficient (Wildman–Crippen LogP) is 6.63. The number of aromatic nitrogens is 2. The van der Waals surface area contributed by atoms with Crippen LogP contribution in [0, 0.1) is 6.92 Å². The van der Waals surface area contributed by atoms with E-state index in [-0.39, 0.29) is 11.6 Å². The number of imidazole rings is 1. The molecule has 1 aliphatic rings. The van der Waals surface area contributed by atoms with Crippen LogP contribution < -0.4 is 10.3 Å². The zero-order chi connectivity index (χ0) is 28.4. The number of carbonyl (C=O) groups excluding carboxylic acids is 2. The third-order valence-electron chi connectivity index (χ3n) is 7.07. The number of hydrogen-bond acceptors (Lipinski definition) is 3. The van der Waals surface area contributed by atoms with E-state index < -0.39 is 30.5 Å². The molecule has 0 radical (unpaired) electrons. The highest BCUT2D eigenvalue weighted by molar-refractivity contribution is 6.04. The summed E-state index contributed by atoms with van der Waals surface area (Å²) in [6, 6.07) is 21.6. The van der Waals surface area contributed by atoms with Gasteiger partial charge >= 0.3 is 6.18 Å². The third-order valence-corrected chi connectivity index (χ3v) is 7.07. The number of benzene rings is 3. The van der Waals surface area contributed by atoms with Crippen molar-refractivity contribution >= 4 is 17.6 Å². The first kappa shape index (κ1) is 27.2. The van der Waals surface area contributed by atoms with Gasteiger partial charge in [0, 0.05) is 5.56 Å². The number of alkyl halides is 3. The van der Waals surface area contributed by atoms with Crippen LogP contribution in [0.25, 0.3) is 11.1 Å². The first-order valence-electron chi connectivity index (χ1n) is 13.2. The fraction of sp³-hybridized carbons (Fsp3) is 0.258. The van der Waals surface area contributed by atoms with Gasteiger partial charge in [-0.05, 0) is 59.7 Å². The van der Waals surface area contributed by atoms with Gasteiger partial charge in [-0.3, -0.25) is 9.59 Å². The molecule has 0 fully saturated rings. The van der Waals surface area contributed by atoms with E-state index in [4.69, 9.17) is 0 Å². The van der Waals surface area contributed by atoms with Crippen LogP contribution in [0.4, 0.5) is 19.0 Å². The molecule has 1 atom stereocenters. The molecule has 0 aliphatic heterocycles. The standard InChI is InChI=1S/C31H29F3N4O2/c1-3-4-11-21-14-10-17-24-23-15-8-9-16-25(23)28(27(21)24)30(40)38(19-31(32,33)34)37-18-26(35-20(37)2)36-29(39)22-12-6-5-7-13-22/h5-10,12-18,28H,3-4,11,19H2,1-2H3,(H,36,39). The number of carbonyl (C=O) groups is 2. The molecule has 1 aromatic heterocycles. The number of nitrogens with one attached hydrogen (secondary N) is 1. The summed E-state index contributed by atoms with van der Waals surface area (Å²) in [5.74, 6) is -1.91. The Bertz CT molecular complexity index is 1550. The lowest BCUT2D eigenvalue weighted by Crippen LogP contribution is -2.48. The highest BCUT2D eigenvalue weighted by atomic mass is 19.4. The van der Waals surface area contributed by atoms with Crippen LogP contribution in [0.15, 0.2) is 79.0 Å². The predicted molar refractivity (Wildman–Crippen MR) is 148 cm³/mol. The van der Waals surface area contributed by atoms with Gasteiger partial charge in [0.15, 0.2) is 5.82 Å². The van der Waals surface area contributed by atoms with E-state index in [1.54, 1.807) is 42.5 Å². The lowest BCUT2D eigenvalue weighted by atomic mass is 9.90. The van der Waals surface area contributed by atoms with Crippen molar-refractivity contribution in [2.45, 2.75) is 45.2 Å². The Morgan fingerprint density at radius 2 is 1.68 bits per heavy atom. The number of nitrogens with zero attached hydrogens (tertiary/aromatic N) is 3. The van der Waals surface area contributed by atoms with E-state index in [1.165, 1.54) is 13.1 Å². The first-order valence-corrected chi connectivity index (χ1v) is 13.2. The lowest BCUT2D eigenvalue weighted by molar-refractivity contribution is -0.136. The van der Waals surface area contributed by atoms with Crippen LogP contribution in [0.2, 0.25) is 0 Å². The molecule has 3 aromatic carbocycles. The smallest absolute Gasteiger partial charge is 0.305 e. The molecule has 1 unspecified atom stereocenters. The van der Waals surface area contributed by atoms with Gasteiger partial charge in [0.2, 0.25) is 0 Å². The first-order chi connectivity index (χ1) is 19.2. The van der Waals surface area contributed by atoms with Gasteiger partial charge in [-0.2, -0.15) is 13.2 Å². The Balaban J connectivity index is 1.56. The van der Waals surface area contributed by atoms with Crippen molar-refractivity contribution in [1.29, 1.82) is 0 Å². The Morgan fingerprint density at radius 3 is 2.40 bits per heavy atom. The van der Waals surface area contributed by atoms with Crippen molar-refractivity contribution in [3.8, 4) is 11.1 Å². The second kappa shape index (κ2) is 11.0. The minimum atomic E-state index is -4.68. The Labute approximate surface area is 230 Å². The molecule has 0 saturated heterocycles. The summed E-state index contributed by atoms with van der Waals surface area (Å²) in [6.07, 6.45) is -0.865. The fourth-order valence-electron chi connectivity index (χ4n) is 5.31. The van der Waals surface area contributed by atoms with E-state index in [9.17, 15) is 22.8 Å². The van der Waals surface area contributed by atoms with Gasteiger partial charge in [0.25, 0.3) is 11.8 Å². The van der Waals surface area contributed by atoms with Crippen LogP contribution in [-0.2, 0) is 11.2 Å². The van der Waals surface area contributed by atoms with Crippen molar-refractivity contribution in [2.24, 2.45) is 0 Å². The zero-order valence-electron chi connectivity index (χ0n) is 22.2. The molecule has 1 heterocycles. The number of fused-ring (bicyclic) bond motifs is 3. The Hall–Kier alpha value is -4.40. The SMILES string of the molecule is CCCCc1cccc2c1C(C(=O)N(CC(F)(F)F)n1cc(NC(=O)c3ccccc3)nc1C)c1ccccc1-2. The fourth-order valence-corrected chi connectivity index (χ4v) is 5.31. The van der Waals surface area contributed by atoms with Crippen molar-refractivity contribution in [3.05, 3.63) is 107 Å². The van der Waals surface area contributed by atoms with Crippen molar-refractivity contribution in [3.63, 3.8) is 0 Å². The van der Waals surface area contributed by atoms with Gasteiger partial charge in [-0.25, -0.2) is 14.7 Å². The van der Waals surface area contributed by atoms with Gasteiger partial charge in [-0.15, -0.1) is 0 Å². The molecule has 5 rings (SSSR count). The summed E-state index contributed by atoms with van der Waals surface area (Å²) < 4.78 is 42.9. The molecule has 0 spiro atoms. The van der Waals surface area contributed by atoms with E-state index in [0.717, 1.165) is 46.2 Å². The molecular formula is C31H29F3N4O2. The quantitative estimate of drug-likeness (QED) is 0.270. The number of amides is 2. The molecule has 1 aliphatic carbocycles. The van der Waals surface area contributed by atoms with Crippen LogP contribution in [0.3, 0.4) is 0 Å². The largest absolute Gasteiger partial charge is 0.408 e. The molecule has 1 N–H and O–H groups in total. The number of unbranched alkanes of at least 4 members (excludes halogenated alkanes) is 1. The molecule has 40 heavy (non-hydrogen) atoms. The van der Waals surface area contributed by atoms with Crippen LogP contribution in [-0.4, -0.2) is 34.2 Å². The number of anilines is 1. The molecule has 9 heteroatoms. The van der Waals surface area contributed by atoms with Crippen LogP contribution in [0.5, 0.6) is 0 Å². The second-order valence-electron chi connectivity index (χ2n) is 9.85. The van der Waals surface area contributed by atoms with Gasteiger partial charge in [-0.1, -0.05) is 74.0 Å². The maximum Gasteiger partial charge on any atom is 0.408 e. The average Bonchev–Trinajstić information content (AvgIpc) is 3.47. The normalized spacial score (nSPS) is 14.0. The number of halogens is 3. The van der Waals surface area contributed by atoms with Crippen molar-refractivity contribution in [2.75, 3.05) is 16.9 Å². The summed E-state index contributed by atoms with van der Waals surface area (Å²) in [5, 5.41) is 3.31. The zero-order valence-corrected chi connectivity index (χ0v) is 22.2. The highest BCUT2D eigenvalue weighted by Gasteiger charge is 2.42. The number of hydrogen-bond donors (Lipinski definition) is 1. The van der Waals surface area contributed by atoms with Crippen LogP contribution in [0.1, 0.15) is 58.6 Å². The highest BCUT2D eigenvalue weighted by Crippen LogP contribution is 2.47. The summed E-state index contributed by atoms with van der Waals surface area (Å²) in [5.41, 5.74) is 4.47. The monoisotopic (exact) mass is 546 g/mol. The van der Waals surface area contributed by atoms with E-state index >= 15 is 0 Å². The maximum absolute atomic E-state index is 14.3.